The molecule has 2 aromatic rings. The van der Waals surface area contributed by atoms with Gasteiger partial charge < -0.3 is 9.88 Å². The lowest BCUT2D eigenvalue weighted by Gasteiger charge is -2.33. The van der Waals surface area contributed by atoms with Crippen LogP contribution in [-0.2, 0) is 4.79 Å². The number of carbonyl (C=O) groups excluding carboxylic acids is 1. The van der Waals surface area contributed by atoms with Crippen molar-refractivity contribution in [3.8, 4) is 0 Å². The van der Waals surface area contributed by atoms with Gasteiger partial charge in [-0.05, 0) is 38.2 Å². The number of imidazole rings is 1. The minimum absolute atomic E-state index is 0.00682. The summed E-state index contributed by atoms with van der Waals surface area (Å²) in [5.74, 6) is 0.206. The molecule has 0 radical (unpaired) electrons. The average molecular weight is 319 g/mol. The molecule has 1 aromatic carbocycles. The molecule has 1 unspecified atom stereocenters. The highest BCUT2D eigenvalue weighted by Crippen LogP contribution is 2.25. The minimum atomic E-state index is -0.0524. The van der Waals surface area contributed by atoms with Gasteiger partial charge in [0.15, 0.2) is 0 Å². The number of nitrogens with one attached hydrogen (secondary N) is 1. The number of rotatable bonds is 3. The van der Waals surface area contributed by atoms with Gasteiger partial charge in [0.2, 0.25) is 5.91 Å². The van der Waals surface area contributed by atoms with E-state index < -0.39 is 0 Å². The Morgan fingerprint density at radius 2 is 2.00 bits per heavy atom. The zero-order chi connectivity index (χ0) is 15.7. The summed E-state index contributed by atoms with van der Waals surface area (Å²) < 4.78 is 1.86. The van der Waals surface area contributed by atoms with Crippen LogP contribution in [0.3, 0.4) is 0 Å². The third-order valence-corrected chi connectivity index (χ3v) is 5.38. The SMILES string of the molecule is CSC(C)C(=O)N1CCC(n2c(=O)[nH]c3ccccc32)CC1. The van der Waals surface area contributed by atoms with Gasteiger partial charge in [-0.15, -0.1) is 0 Å². The van der Waals surface area contributed by atoms with Crippen molar-refractivity contribution >= 4 is 28.7 Å². The van der Waals surface area contributed by atoms with Crippen LogP contribution >= 0.6 is 11.8 Å². The Balaban J connectivity index is 1.77. The van der Waals surface area contributed by atoms with E-state index in [0.29, 0.717) is 0 Å². The second kappa shape index (κ2) is 6.20. The predicted molar refractivity (Wildman–Crippen MR) is 90.4 cm³/mol. The standard InChI is InChI=1S/C16H21N3O2S/c1-11(22-2)15(20)18-9-7-12(8-10-18)19-14-6-4-3-5-13(14)17-16(19)21/h3-6,11-12H,7-10H2,1-2H3,(H,17,21). The topological polar surface area (TPSA) is 58.1 Å². The normalized spacial score (nSPS) is 17.8. The van der Waals surface area contributed by atoms with Gasteiger partial charge in [0.25, 0.3) is 0 Å². The number of para-hydroxylation sites is 2. The summed E-state index contributed by atoms with van der Waals surface area (Å²) >= 11 is 1.58. The number of fused-ring (bicyclic) bond motifs is 1. The first-order chi connectivity index (χ1) is 10.6. The van der Waals surface area contributed by atoms with E-state index in [1.54, 1.807) is 11.8 Å². The number of benzene rings is 1. The van der Waals surface area contributed by atoms with E-state index in [1.165, 1.54) is 0 Å². The van der Waals surface area contributed by atoms with Crippen LogP contribution in [0.25, 0.3) is 11.0 Å². The summed E-state index contributed by atoms with van der Waals surface area (Å²) in [7, 11) is 0. The van der Waals surface area contributed by atoms with E-state index in [9.17, 15) is 9.59 Å². The fourth-order valence-corrected chi connectivity index (χ4v) is 3.49. The second-order valence-corrected chi connectivity index (χ2v) is 6.93. The molecule has 22 heavy (non-hydrogen) atoms. The van der Waals surface area contributed by atoms with E-state index in [2.05, 4.69) is 4.98 Å². The highest BCUT2D eigenvalue weighted by molar-refractivity contribution is 7.99. The lowest BCUT2D eigenvalue weighted by Crippen LogP contribution is -2.43. The van der Waals surface area contributed by atoms with Crippen LogP contribution in [0, 0.1) is 0 Å². The summed E-state index contributed by atoms with van der Waals surface area (Å²) in [4.78, 5) is 29.3. The number of H-pyrrole nitrogens is 1. The zero-order valence-electron chi connectivity index (χ0n) is 12.9. The first-order valence-electron chi connectivity index (χ1n) is 7.62. The first kappa shape index (κ1) is 15.2. The molecule has 1 N–H and O–H groups in total. The summed E-state index contributed by atoms with van der Waals surface area (Å²) in [6, 6.07) is 7.93. The highest BCUT2D eigenvalue weighted by Gasteiger charge is 2.27. The molecular formula is C16H21N3O2S. The van der Waals surface area contributed by atoms with Gasteiger partial charge in [-0.3, -0.25) is 9.36 Å². The molecule has 1 fully saturated rings. The van der Waals surface area contributed by atoms with Crippen LogP contribution in [0.1, 0.15) is 25.8 Å². The van der Waals surface area contributed by atoms with Crippen molar-refractivity contribution in [3.63, 3.8) is 0 Å². The molecule has 1 aromatic heterocycles. The Morgan fingerprint density at radius 1 is 1.32 bits per heavy atom. The lowest BCUT2D eigenvalue weighted by atomic mass is 10.0. The van der Waals surface area contributed by atoms with Crippen molar-refractivity contribution in [3.05, 3.63) is 34.7 Å². The van der Waals surface area contributed by atoms with Gasteiger partial charge in [0.05, 0.1) is 16.3 Å². The Morgan fingerprint density at radius 3 is 2.68 bits per heavy atom. The lowest BCUT2D eigenvalue weighted by molar-refractivity contribution is -0.131. The Labute approximate surface area is 133 Å². The van der Waals surface area contributed by atoms with Crippen molar-refractivity contribution in [1.29, 1.82) is 0 Å². The maximum Gasteiger partial charge on any atom is 0.326 e. The van der Waals surface area contributed by atoms with Crippen LogP contribution in [0.15, 0.2) is 29.1 Å². The Kier molecular flexibility index (Phi) is 4.29. The van der Waals surface area contributed by atoms with E-state index in [1.807, 2.05) is 46.9 Å². The average Bonchev–Trinajstić information content (AvgIpc) is 2.89. The van der Waals surface area contributed by atoms with Crippen LogP contribution in [0.2, 0.25) is 0 Å². The highest BCUT2D eigenvalue weighted by atomic mass is 32.2. The van der Waals surface area contributed by atoms with Gasteiger partial charge in [-0.25, -0.2) is 4.79 Å². The van der Waals surface area contributed by atoms with Crippen LogP contribution in [-0.4, -0.2) is 45.0 Å². The fourth-order valence-electron chi connectivity index (χ4n) is 3.14. The van der Waals surface area contributed by atoms with Gasteiger partial charge in [0, 0.05) is 19.1 Å². The Bertz CT molecular complexity index is 728. The van der Waals surface area contributed by atoms with E-state index in [4.69, 9.17) is 0 Å². The molecule has 1 aliphatic rings. The quantitative estimate of drug-likeness (QED) is 0.944. The van der Waals surface area contributed by atoms with Gasteiger partial charge >= 0.3 is 5.69 Å². The molecule has 3 rings (SSSR count). The first-order valence-corrected chi connectivity index (χ1v) is 8.91. The molecule has 1 saturated heterocycles. The van der Waals surface area contributed by atoms with Crippen molar-refractivity contribution in [2.75, 3.05) is 19.3 Å². The van der Waals surface area contributed by atoms with E-state index in [-0.39, 0.29) is 22.9 Å². The van der Waals surface area contributed by atoms with E-state index in [0.717, 1.165) is 37.0 Å². The number of likely N-dealkylation sites (tertiary alicyclic amines) is 1. The van der Waals surface area contributed by atoms with Crippen molar-refractivity contribution in [2.24, 2.45) is 0 Å². The van der Waals surface area contributed by atoms with Gasteiger partial charge in [0.1, 0.15) is 0 Å². The Hall–Kier alpha value is -1.69. The van der Waals surface area contributed by atoms with E-state index >= 15 is 0 Å². The molecule has 1 atom stereocenters. The van der Waals surface area contributed by atoms with Gasteiger partial charge in [-0.1, -0.05) is 12.1 Å². The predicted octanol–water partition coefficient (Wildman–Crippen LogP) is 2.24. The molecule has 0 saturated carbocycles. The number of amides is 1. The summed E-state index contributed by atoms with van der Waals surface area (Å²) in [5, 5.41) is 0.00682. The monoisotopic (exact) mass is 319 g/mol. The fraction of sp³-hybridized carbons (Fsp3) is 0.500. The molecule has 6 heteroatoms. The molecule has 118 valence electrons. The number of thioether (sulfide) groups is 1. The number of carbonyl (C=O) groups is 1. The number of piperidine rings is 1. The summed E-state index contributed by atoms with van der Waals surface area (Å²) in [6.45, 7) is 3.39. The summed E-state index contributed by atoms with van der Waals surface area (Å²) in [6.07, 6.45) is 3.62. The number of nitrogens with zero attached hydrogens (tertiary/aromatic N) is 2. The van der Waals surface area contributed by atoms with Crippen molar-refractivity contribution in [1.82, 2.24) is 14.5 Å². The van der Waals surface area contributed by atoms with Gasteiger partial charge in [-0.2, -0.15) is 11.8 Å². The number of hydrogen-bond donors (Lipinski definition) is 1. The number of aromatic amines is 1. The molecular weight excluding hydrogens is 298 g/mol. The second-order valence-electron chi connectivity index (χ2n) is 5.75. The van der Waals surface area contributed by atoms with Crippen molar-refractivity contribution < 1.29 is 4.79 Å². The number of hydrogen-bond acceptors (Lipinski definition) is 3. The summed E-state index contributed by atoms with van der Waals surface area (Å²) in [5.41, 5.74) is 1.78. The maximum atomic E-state index is 12.2. The molecule has 0 aliphatic carbocycles. The molecule has 1 amide bonds. The number of aromatic nitrogens is 2. The smallest absolute Gasteiger partial charge is 0.326 e. The minimum Gasteiger partial charge on any atom is -0.342 e. The van der Waals surface area contributed by atoms with Crippen LogP contribution < -0.4 is 5.69 Å². The maximum absolute atomic E-state index is 12.2. The largest absolute Gasteiger partial charge is 0.342 e. The van der Waals surface area contributed by atoms with Crippen LogP contribution in [0.4, 0.5) is 0 Å². The molecule has 5 nitrogen and oxygen atoms in total. The zero-order valence-corrected chi connectivity index (χ0v) is 13.7. The third kappa shape index (κ3) is 2.67. The molecule has 2 heterocycles. The molecule has 0 bridgehead atoms. The van der Waals surface area contributed by atoms with Crippen LogP contribution in [0.5, 0.6) is 0 Å². The molecule has 1 aliphatic heterocycles. The third-order valence-electron chi connectivity index (χ3n) is 4.47. The van der Waals surface area contributed by atoms with Crippen molar-refractivity contribution in [2.45, 2.75) is 31.1 Å². The molecule has 0 spiro atoms.